The Morgan fingerprint density at radius 2 is 1.66 bits per heavy atom. The maximum Gasteiger partial charge on any atom is 0.279 e. The van der Waals surface area contributed by atoms with Crippen molar-refractivity contribution in [3.8, 4) is 11.5 Å². The van der Waals surface area contributed by atoms with E-state index in [0.717, 1.165) is 6.07 Å². The van der Waals surface area contributed by atoms with Crippen LogP contribution in [0, 0.1) is 5.82 Å². The van der Waals surface area contributed by atoms with Crippen molar-refractivity contribution in [3.05, 3.63) is 59.9 Å². The molecular formula is C20H22FN3O5. The van der Waals surface area contributed by atoms with E-state index in [4.69, 9.17) is 9.47 Å². The average Bonchev–Trinajstić information content (AvgIpc) is 2.72. The first-order valence-electron chi connectivity index (χ1n) is 8.91. The molecule has 2 aromatic carbocycles. The van der Waals surface area contributed by atoms with Crippen molar-refractivity contribution in [2.24, 2.45) is 0 Å². The maximum atomic E-state index is 13.5. The summed E-state index contributed by atoms with van der Waals surface area (Å²) in [4.78, 5) is 35.6. The smallest absolute Gasteiger partial charge is 0.279 e. The van der Waals surface area contributed by atoms with E-state index < -0.39 is 36.2 Å². The van der Waals surface area contributed by atoms with Gasteiger partial charge in [-0.1, -0.05) is 12.1 Å². The summed E-state index contributed by atoms with van der Waals surface area (Å²) < 4.78 is 24.3. The molecule has 2 aromatic rings. The lowest BCUT2D eigenvalue weighted by atomic mass is 10.2. The molecular weight excluding hydrogens is 381 g/mol. The van der Waals surface area contributed by atoms with Gasteiger partial charge in [-0.2, -0.15) is 0 Å². The first-order valence-corrected chi connectivity index (χ1v) is 8.91. The fraction of sp³-hybridized carbons (Fsp3) is 0.250. The Morgan fingerprint density at radius 1 is 1.00 bits per heavy atom. The van der Waals surface area contributed by atoms with Gasteiger partial charge in [0.15, 0.2) is 6.10 Å². The van der Waals surface area contributed by atoms with E-state index in [2.05, 4.69) is 16.2 Å². The Bertz CT molecular complexity index is 857. The Morgan fingerprint density at radius 3 is 2.31 bits per heavy atom. The predicted octanol–water partition coefficient (Wildman–Crippen LogP) is 1.57. The summed E-state index contributed by atoms with van der Waals surface area (Å²) in [6, 6.07) is 12.1. The Labute approximate surface area is 167 Å². The standard InChI is InChI=1S/C20H22FN3O5/c1-3-28-14-8-10-15(11-9-14)29-13(2)19(26)24-23-18(25)12-22-20(27)16-6-4-5-7-17(16)21/h4-11,13H,3,12H2,1-2H3,(H,22,27)(H,23,25)(H,24,26)/t13-/m0/s1. The number of hydrogen-bond donors (Lipinski definition) is 3. The van der Waals surface area contributed by atoms with Crippen LogP contribution in [0.5, 0.6) is 11.5 Å². The number of hydrogen-bond acceptors (Lipinski definition) is 5. The largest absolute Gasteiger partial charge is 0.494 e. The first-order chi connectivity index (χ1) is 13.9. The van der Waals surface area contributed by atoms with Crippen molar-refractivity contribution in [2.45, 2.75) is 20.0 Å². The van der Waals surface area contributed by atoms with Gasteiger partial charge in [0.2, 0.25) is 0 Å². The average molecular weight is 403 g/mol. The zero-order valence-corrected chi connectivity index (χ0v) is 16.0. The minimum Gasteiger partial charge on any atom is -0.494 e. The molecule has 0 aliphatic heterocycles. The lowest BCUT2D eigenvalue weighted by Gasteiger charge is -2.15. The van der Waals surface area contributed by atoms with E-state index in [1.807, 2.05) is 6.92 Å². The van der Waals surface area contributed by atoms with Crippen molar-refractivity contribution in [3.63, 3.8) is 0 Å². The van der Waals surface area contributed by atoms with Crippen LogP contribution in [0.1, 0.15) is 24.2 Å². The number of halogens is 1. The van der Waals surface area contributed by atoms with Crippen LogP contribution in [0.25, 0.3) is 0 Å². The van der Waals surface area contributed by atoms with E-state index in [1.165, 1.54) is 25.1 Å². The zero-order chi connectivity index (χ0) is 21.2. The maximum absolute atomic E-state index is 13.5. The van der Waals surface area contributed by atoms with E-state index in [-0.39, 0.29) is 5.56 Å². The molecule has 3 N–H and O–H groups in total. The van der Waals surface area contributed by atoms with Gasteiger partial charge in [-0.05, 0) is 50.2 Å². The molecule has 3 amide bonds. The summed E-state index contributed by atoms with van der Waals surface area (Å²) in [7, 11) is 0. The van der Waals surface area contributed by atoms with Gasteiger partial charge < -0.3 is 14.8 Å². The van der Waals surface area contributed by atoms with Gasteiger partial charge in [0, 0.05) is 0 Å². The van der Waals surface area contributed by atoms with Crippen LogP contribution >= 0.6 is 0 Å². The molecule has 0 aliphatic rings. The molecule has 0 unspecified atom stereocenters. The van der Waals surface area contributed by atoms with E-state index in [0.29, 0.717) is 18.1 Å². The lowest BCUT2D eigenvalue weighted by Crippen LogP contribution is -2.50. The third-order valence-electron chi connectivity index (χ3n) is 3.67. The molecule has 0 bridgehead atoms. The van der Waals surface area contributed by atoms with Gasteiger partial charge in [-0.15, -0.1) is 0 Å². The second-order valence-electron chi connectivity index (χ2n) is 5.86. The van der Waals surface area contributed by atoms with Crippen LogP contribution in [0.4, 0.5) is 4.39 Å². The normalized spacial score (nSPS) is 11.1. The summed E-state index contributed by atoms with van der Waals surface area (Å²) in [6.07, 6.45) is -0.888. The molecule has 29 heavy (non-hydrogen) atoms. The Balaban J connectivity index is 1.74. The summed E-state index contributed by atoms with van der Waals surface area (Å²) in [5, 5.41) is 2.26. The highest BCUT2D eigenvalue weighted by Crippen LogP contribution is 2.18. The molecule has 0 radical (unpaired) electrons. The number of carbonyl (C=O) groups excluding carboxylic acids is 3. The monoisotopic (exact) mass is 403 g/mol. The third kappa shape index (κ3) is 6.80. The molecule has 0 heterocycles. The number of hydrazine groups is 1. The fourth-order valence-electron chi connectivity index (χ4n) is 2.22. The quantitative estimate of drug-likeness (QED) is 0.580. The lowest BCUT2D eigenvalue weighted by molar-refractivity contribution is -0.132. The van der Waals surface area contributed by atoms with Crippen LogP contribution in [-0.4, -0.2) is 37.0 Å². The molecule has 9 heteroatoms. The molecule has 1 atom stereocenters. The van der Waals surface area contributed by atoms with Crippen molar-refractivity contribution < 1.29 is 28.2 Å². The predicted molar refractivity (Wildman–Crippen MR) is 103 cm³/mol. The summed E-state index contributed by atoms with van der Waals surface area (Å²) in [6.45, 7) is 3.48. The van der Waals surface area contributed by atoms with E-state index in [9.17, 15) is 18.8 Å². The number of nitrogens with one attached hydrogen (secondary N) is 3. The first kappa shape index (κ1) is 21.7. The SMILES string of the molecule is CCOc1ccc(O[C@@H](C)C(=O)NNC(=O)CNC(=O)c2ccccc2F)cc1. The number of ether oxygens (including phenoxy) is 2. The molecule has 0 spiro atoms. The molecule has 0 aromatic heterocycles. The highest BCUT2D eigenvalue weighted by Gasteiger charge is 2.16. The zero-order valence-electron chi connectivity index (χ0n) is 16.0. The number of rotatable bonds is 8. The number of carbonyl (C=O) groups is 3. The van der Waals surface area contributed by atoms with Crippen LogP contribution in [-0.2, 0) is 9.59 Å². The van der Waals surface area contributed by atoms with Crippen molar-refractivity contribution >= 4 is 17.7 Å². The van der Waals surface area contributed by atoms with Gasteiger partial charge in [0.25, 0.3) is 17.7 Å². The Hall–Kier alpha value is -3.62. The molecule has 8 nitrogen and oxygen atoms in total. The van der Waals surface area contributed by atoms with Crippen molar-refractivity contribution in [2.75, 3.05) is 13.2 Å². The van der Waals surface area contributed by atoms with Crippen molar-refractivity contribution in [1.29, 1.82) is 0 Å². The van der Waals surface area contributed by atoms with Crippen molar-refractivity contribution in [1.82, 2.24) is 16.2 Å². The molecule has 0 fully saturated rings. The molecule has 0 aliphatic carbocycles. The number of benzene rings is 2. The van der Waals surface area contributed by atoms with Crippen LogP contribution in [0.3, 0.4) is 0 Å². The second-order valence-corrected chi connectivity index (χ2v) is 5.86. The van der Waals surface area contributed by atoms with E-state index in [1.54, 1.807) is 24.3 Å². The van der Waals surface area contributed by atoms with E-state index >= 15 is 0 Å². The second kappa shape index (κ2) is 10.6. The fourth-order valence-corrected chi connectivity index (χ4v) is 2.22. The Kier molecular flexibility index (Phi) is 7.96. The minimum atomic E-state index is -0.888. The highest BCUT2D eigenvalue weighted by molar-refractivity contribution is 5.96. The van der Waals surface area contributed by atoms with Gasteiger partial charge in [-0.3, -0.25) is 25.2 Å². The highest BCUT2D eigenvalue weighted by atomic mass is 19.1. The number of amides is 3. The summed E-state index contributed by atoms with van der Waals surface area (Å²) in [5.74, 6) is -1.57. The van der Waals surface area contributed by atoms with Crippen LogP contribution in [0.2, 0.25) is 0 Å². The van der Waals surface area contributed by atoms with Crippen LogP contribution in [0.15, 0.2) is 48.5 Å². The summed E-state index contributed by atoms with van der Waals surface area (Å²) in [5.41, 5.74) is 4.17. The molecule has 0 saturated carbocycles. The molecule has 2 rings (SSSR count). The summed E-state index contributed by atoms with van der Waals surface area (Å²) >= 11 is 0. The molecule has 0 saturated heterocycles. The van der Waals surface area contributed by atoms with Gasteiger partial charge in [0.1, 0.15) is 17.3 Å². The topological polar surface area (TPSA) is 106 Å². The van der Waals surface area contributed by atoms with Gasteiger partial charge >= 0.3 is 0 Å². The van der Waals surface area contributed by atoms with Gasteiger partial charge in [-0.25, -0.2) is 4.39 Å². The third-order valence-corrected chi connectivity index (χ3v) is 3.67. The minimum absolute atomic E-state index is 0.179. The van der Waals surface area contributed by atoms with Gasteiger partial charge in [0.05, 0.1) is 18.7 Å². The molecule has 154 valence electrons. The van der Waals surface area contributed by atoms with Crippen LogP contribution < -0.4 is 25.6 Å².